The number of methoxy groups -OCH3 is 1. The molecule has 9 nitrogen and oxygen atoms in total. The van der Waals surface area contributed by atoms with Gasteiger partial charge in [-0.25, -0.2) is 4.79 Å². The number of carbonyl (C=O) groups excluding carboxylic acids is 3. The summed E-state index contributed by atoms with van der Waals surface area (Å²) < 4.78 is 15.6. The van der Waals surface area contributed by atoms with Crippen LogP contribution in [-0.4, -0.2) is 70.7 Å². The van der Waals surface area contributed by atoms with Crippen molar-refractivity contribution in [2.75, 3.05) is 13.7 Å². The van der Waals surface area contributed by atoms with Gasteiger partial charge in [0.15, 0.2) is 18.1 Å². The van der Waals surface area contributed by atoms with Crippen LogP contribution in [0.3, 0.4) is 0 Å². The number of hydrogen-bond donors (Lipinski definition) is 1. The highest BCUT2D eigenvalue weighted by Gasteiger charge is 2.56. The summed E-state index contributed by atoms with van der Waals surface area (Å²) in [5.41, 5.74) is -0.426. The lowest BCUT2D eigenvalue weighted by molar-refractivity contribution is -0.179. The average Bonchev–Trinajstić information content (AvgIpc) is 2.56. The van der Waals surface area contributed by atoms with E-state index in [-0.39, 0.29) is 17.9 Å². The number of esters is 2. The van der Waals surface area contributed by atoms with Crippen LogP contribution in [0, 0.1) is 5.92 Å². The maximum Gasteiger partial charge on any atom is 0.333 e. The molecule has 1 N–H and O–H groups in total. The van der Waals surface area contributed by atoms with Crippen LogP contribution in [0.15, 0.2) is 11.0 Å². The predicted octanol–water partition coefficient (Wildman–Crippen LogP) is 0.775. The van der Waals surface area contributed by atoms with Crippen LogP contribution >= 0.6 is 11.8 Å². The molecule has 150 valence electrons. The first kappa shape index (κ1) is 21.2. The quantitative estimate of drug-likeness (QED) is 0.391. The second-order valence-corrected chi connectivity index (χ2v) is 8.22. The number of ether oxygens (including phenoxy) is 3. The molecule has 0 spiro atoms. The number of carboxylic acids is 1. The molecule has 1 amide bonds. The number of β-lactam (4-membered cyclic amide) rings is 1. The van der Waals surface area contributed by atoms with Gasteiger partial charge in [0.05, 0.1) is 0 Å². The van der Waals surface area contributed by atoms with E-state index in [4.69, 9.17) is 19.3 Å². The SMILES string of the molecule is CO[C@@H]1C(=O)N2C(C(=O)OC(C)(C)C)C(COC(=O)C(C)C(=O)O)=CSC12. The normalized spacial score (nSPS) is 25.7. The van der Waals surface area contributed by atoms with E-state index >= 15 is 0 Å². The largest absolute Gasteiger partial charge is 0.481 e. The smallest absolute Gasteiger partial charge is 0.333 e. The summed E-state index contributed by atoms with van der Waals surface area (Å²) >= 11 is 1.27. The van der Waals surface area contributed by atoms with Gasteiger partial charge in [-0.3, -0.25) is 14.4 Å². The fraction of sp³-hybridized carbons (Fsp3) is 0.647. The summed E-state index contributed by atoms with van der Waals surface area (Å²) in [6, 6.07) is -1.05. The lowest BCUT2D eigenvalue weighted by Crippen LogP contribution is -2.70. The van der Waals surface area contributed by atoms with E-state index in [2.05, 4.69) is 0 Å². The molecule has 0 aliphatic carbocycles. The number of aliphatic carboxylic acids is 1. The van der Waals surface area contributed by atoms with E-state index in [1.165, 1.54) is 30.7 Å². The molecule has 4 atom stereocenters. The first-order chi connectivity index (χ1) is 12.5. The predicted molar refractivity (Wildman–Crippen MR) is 94.5 cm³/mol. The molecule has 2 aliphatic heterocycles. The van der Waals surface area contributed by atoms with Crippen LogP contribution in [0.5, 0.6) is 0 Å². The van der Waals surface area contributed by atoms with Gasteiger partial charge in [-0.05, 0) is 33.1 Å². The minimum absolute atomic E-state index is 0.318. The molecule has 10 heteroatoms. The fourth-order valence-corrected chi connectivity index (χ4v) is 3.84. The Bertz CT molecular complexity index is 683. The number of fused-ring (bicyclic) bond motifs is 1. The summed E-state index contributed by atoms with van der Waals surface area (Å²) in [7, 11) is 1.41. The highest BCUT2D eigenvalue weighted by atomic mass is 32.2. The van der Waals surface area contributed by atoms with Crippen molar-refractivity contribution in [1.82, 2.24) is 4.90 Å². The van der Waals surface area contributed by atoms with E-state index in [0.717, 1.165) is 0 Å². The number of amides is 1. The van der Waals surface area contributed by atoms with E-state index in [9.17, 15) is 19.2 Å². The second-order valence-electron chi connectivity index (χ2n) is 7.22. The van der Waals surface area contributed by atoms with Gasteiger partial charge in [-0.2, -0.15) is 0 Å². The highest BCUT2D eigenvalue weighted by molar-refractivity contribution is 8.02. The zero-order valence-corrected chi connectivity index (χ0v) is 16.6. The van der Waals surface area contributed by atoms with Gasteiger partial charge >= 0.3 is 17.9 Å². The highest BCUT2D eigenvalue weighted by Crippen LogP contribution is 2.41. The summed E-state index contributed by atoms with van der Waals surface area (Å²) in [5, 5.41) is 10.1. The van der Waals surface area contributed by atoms with Crippen LogP contribution in [0.4, 0.5) is 0 Å². The van der Waals surface area contributed by atoms with Gasteiger partial charge in [0.2, 0.25) is 0 Å². The van der Waals surface area contributed by atoms with Crippen LogP contribution < -0.4 is 0 Å². The van der Waals surface area contributed by atoms with E-state index in [1.807, 2.05) is 0 Å². The molecule has 1 saturated heterocycles. The number of carbonyl (C=O) groups is 4. The Hall–Kier alpha value is -2.07. The zero-order chi connectivity index (χ0) is 20.5. The number of nitrogens with zero attached hydrogens (tertiary/aromatic N) is 1. The molecule has 3 unspecified atom stereocenters. The third-order valence-corrected chi connectivity index (χ3v) is 5.20. The third-order valence-electron chi connectivity index (χ3n) is 4.01. The molecule has 2 rings (SSSR count). The summed E-state index contributed by atoms with van der Waals surface area (Å²) in [6.45, 7) is 6.00. The molecule has 1 fully saturated rings. The minimum atomic E-state index is -1.34. The summed E-state index contributed by atoms with van der Waals surface area (Å²) in [5.74, 6) is -4.58. The second kappa shape index (κ2) is 7.89. The fourth-order valence-electron chi connectivity index (χ4n) is 2.60. The van der Waals surface area contributed by atoms with Crippen molar-refractivity contribution in [3.05, 3.63) is 11.0 Å². The van der Waals surface area contributed by atoms with Gasteiger partial charge in [-0.1, -0.05) is 0 Å². The van der Waals surface area contributed by atoms with Crippen molar-refractivity contribution in [3.8, 4) is 0 Å². The standard InChI is InChI=1S/C17H23NO8S/c1-8(14(20)21)15(22)25-6-9-7-27-13-11(24-5)12(19)18(13)10(9)16(23)26-17(2,3)4/h7-8,10-11,13H,6H2,1-5H3,(H,20,21)/t8?,10?,11-,13?/m1/s1. The van der Waals surface area contributed by atoms with Crippen LogP contribution in [0.1, 0.15) is 27.7 Å². The summed E-state index contributed by atoms with van der Waals surface area (Å²) in [4.78, 5) is 49.1. The van der Waals surface area contributed by atoms with Gasteiger partial charge < -0.3 is 24.2 Å². The molecule has 0 bridgehead atoms. The number of carboxylic acid groups (broad SMARTS) is 1. The van der Waals surface area contributed by atoms with E-state index < -0.39 is 41.6 Å². The Balaban J connectivity index is 2.20. The van der Waals surface area contributed by atoms with Crippen molar-refractivity contribution in [2.24, 2.45) is 5.92 Å². The molecule has 0 saturated carbocycles. The molecule has 2 heterocycles. The first-order valence-corrected chi connectivity index (χ1v) is 9.24. The van der Waals surface area contributed by atoms with Crippen molar-refractivity contribution in [1.29, 1.82) is 0 Å². The molecular formula is C17H23NO8S. The van der Waals surface area contributed by atoms with Crippen LogP contribution in [-0.2, 0) is 33.4 Å². The zero-order valence-electron chi connectivity index (χ0n) is 15.8. The Kier molecular flexibility index (Phi) is 6.21. The van der Waals surface area contributed by atoms with Crippen LogP contribution in [0.2, 0.25) is 0 Å². The van der Waals surface area contributed by atoms with Crippen molar-refractivity contribution in [3.63, 3.8) is 0 Å². The summed E-state index contributed by atoms with van der Waals surface area (Å²) in [6.07, 6.45) is -0.660. The number of rotatable bonds is 6. The van der Waals surface area contributed by atoms with Crippen molar-refractivity contribution < 1.29 is 38.5 Å². The van der Waals surface area contributed by atoms with E-state index in [0.29, 0.717) is 5.57 Å². The molecule has 0 aromatic heterocycles. The van der Waals surface area contributed by atoms with Gasteiger partial charge in [0.25, 0.3) is 5.91 Å². The van der Waals surface area contributed by atoms with Gasteiger partial charge in [-0.15, -0.1) is 11.8 Å². The lowest BCUT2D eigenvalue weighted by atomic mass is 9.99. The Morgan fingerprint density at radius 2 is 1.96 bits per heavy atom. The minimum Gasteiger partial charge on any atom is -0.481 e. The molecular weight excluding hydrogens is 378 g/mol. The first-order valence-electron chi connectivity index (χ1n) is 8.29. The Morgan fingerprint density at radius 3 is 2.48 bits per heavy atom. The van der Waals surface area contributed by atoms with Crippen molar-refractivity contribution in [2.45, 2.75) is 50.8 Å². The molecule has 0 aromatic rings. The van der Waals surface area contributed by atoms with E-state index in [1.54, 1.807) is 26.2 Å². The van der Waals surface area contributed by atoms with Gasteiger partial charge in [0.1, 0.15) is 17.6 Å². The monoisotopic (exact) mass is 401 g/mol. The maximum absolute atomic E-state index is 12.7. The third kappa shape index (κ3) is 4.44. The number of thioether (sulfide) groups is 1. The Morgan fingerprint density at radius 1 is 1.33 bits per heavy atom. The molecule has 2 aliphatic rings. The van der Waals surface area contributed by atoms with Crippen molar-refractivity contribution >= 4 is 35.6 Å². The van der Waals surface area contributed by atoms with Crippen LogP contribution in [0.25, 0.3) is 0 Å². The van der Waals surface area contributed by atoms with Gasteiger partial charge in [0, 0.05) is 12.7 Å². The molecule has 27 heavy (non-hydrogen) atoms. The maximum atomic E-state index is 12.7. The Labute approximate surface area is 161 Å². The topological polar surface area (TPSA) is 119 Å². The molecule has 0 aromatic carbocycles. The number of hydrogen-bond acceptors (Lipinski definition) is 8. The lowest BCUT2D eigenvalue weighted by Gasteiger charge is -2.51. The average molecular weight is 401 g/mol. The molecule has 0 radical (unpaired) electrons.